The zero-order valence-electron chi connectivity index (χ0n) is 14.2. The Morgan fingerprint density at radius 3 is 2.37 bits per heavy atom. The van der Waals surface area contributed by atoms with E-state index < -0.39 is 10.6 Å². The van der Waals surface area contributed by atoms with Crippen molar-refractivity contribution in [3.05, 3.63) is 53.6 Å². The molecule has 140 valence electrons. The fourth-order valence-electron chi connectivity index (χ4n) is 2.24. The lowest BCUT2D eigenvalue weighted by Crippen LogP contribution is -2.05. The van der Waals surface area contributed by atoms with Crippen molar-refractivity contribution in [2.45, 2.75) is 19.8 Å². The van der Waals surface area contributed by atoms with Crippen LogP contribution in [0.1, 0.15) is 19.2 Å². The van der Waals surface area contributed by atoms with Gasteiger partial charge in [0.15, 0.2) is 0 Å². The van der Waals surface area contributed by atoms with Gasteiger partial charge in [-0.05, 0) is 41.4 Å². The van der Waals surface area contributed by atoms with Crippen LogP contribution in [0.2, 0.25) is 5.28 Å². The number of nitrogens with zero attached hydrogens (tertiary/aromatic N) is 3. The molecule has 1 aromatic heterocycles. The number of ketones is 1. The van der Waals surface area contributed by atoms with Gasteiger partial charge >= 0.3 is 10.6 Å². The largest absolute Gasteiger partial charge is 0.425 e. The van der Waals surface area contributed by atoms with Crippen LogP contribution < -0.4 is 5.32 Å². The Balaban J connectivity index is 0.000000596. The highest BCUT2D eigenvalue weighted by molar-refractivity contribution is 7.59. The van der Waals surface area contributed by atoms with Crippen LogP contribution in [-0.2, 0) is 21.8 Å². The van der Waals surface area contributed by atoms with Gasteiger partial charge in [0.2, 0.25) is 11.2 Å². The molecule has 0 radical (unpaired) electrons. The van der Waals surface area contributed by atoms with E-state index in [2.05, 4.69) is 26.3 Å². The minimum atomic E-state index is -3.11. The van der Waals surface area contributed by atoms with Gasteiger partial charge in [0.1, 0.15) is 11.6 Å². The van der Waals surface area contributed by atoms with E-state index in [0.29, 0.717) is 24.6 Å². The van der Waals surface area contributed by atoms with E-state index >= 15 is 0 Å². The average molecular weight is 407 g/mol. The Morgan fingerprint density at radius 2 is 1.70 bits per heavy atom. The second kappa shape index (κ2) is 9.70. The van der Waals surface area contributed by atoms with Gasteiger partial charge in [0, 0.05) is 18.5 Å². The summed E-state index contributed by atoms with van der Waals surface area (Å²) in [6.45, 7) is 1.54. The molecule has 10 heteroatoms. The molecular weight excluding hydrogens is 392 g/mol. The SMILES string of the molecule is CC(=O)CCc1nc(Cl)nc(Nc2ccc3ccccc3c2)n1.O=S(=O)=O. The first-order chi connectivity index (χ1) is 12.8. The summed E-state index contributed by atoms with van der Waals surface area (Å²) in [6, 6.07) is 14.1. The Bertz CT molecular complexity index is 1070. The third-order valence-electron chi connectivity index (χ3n) is 3.36. The number of carbonyl (C=O) groups excluding carboxylic acids is 1. The lowest BCUT2D eigenvalue weighted by Gasteiger charge is -2.08. The highest BCUT2D eigenvalue weighted by Crippen LogP contribution is 2.21. The number of Topliss-reactive ketones (excluding diaryl/α,β-unsaturated/α-hetero) is 1. The van der Waals surface area contributed by atoms with Gasteiger partial charge in [-0.2, -0.15) is 9.97 Å². The molecule has 1 N–H and O–H groups in total. The zero-order valence-corrected chi connectivity index (χ0v) is 15.8. The van der Waals surface area contributed by atoms with Crippen molar-refractivity contribution < 1.29 is 17.4 Å². The molecule has 27 heavy (non-hydrogen) atoms. The van der Waals surface area contributed by atoms with Crippen LogP contribution in [-0.4, -0.2) is 33.4 Å². The minimum absolute atomic E-state index is 0.0885. The summed E-state index contributed by atoms with van der Waals surface area (Å²) in [4.78, 5) is 23.5. The molecule has 1 heterocycles. The van der Waals surface area contributed by atoms with Gasteiger partial charge in [-0.25, -0.2) is 4.98 Å². The van der Waals surface area contributed by atoms with Crippen LogP contribution in [0.4, 0.5) is 11.6 Å². The lowest BCUT2D eigenvalue weighted by atomic mass is 10.1. The van der Waals surface area contributed by atoms with Crippen molar-refractivity contribution in [3.8, 4) is 0 Å². The number of rotatable bonds is 5. The zero-order chi connectivity index (χ0) is 19.8. The summed E-state index contributed by atoms with van der Waals surface area (Å²) >= 11 is 5.94. The predicted octanol–water partition coefficient (Wildman–Crippen LogP) is 2.94. The molecule has 0 bridgehead atoms. The van der Waals surface area contributed by atoms with E-state index in [1.165, 1.54) is 6.92 Å². The van der Waals surface area contributed by atoms with Gasteiger partial charge in [0.05, 0.1) is 0 Å². The monoisotopic (exact) mass is 406 g/mol. The minimum Gasteiger partial charge on any atom is -0.324 e. The van der Waals surface area contributed by atoms with Crippen molar-refractivity contribution >= 4 is 50.4 Å². The fourth-order valence-corrected chi connectivity index (χ4v) is 2.42. The van der Waals surface area contributed by atoms with Crippen molar-refractivity contribution in [2.75, 3.05) is 5.32 Å². The second-order valence-corrected chi connectivity index (χ2v) is 6.18. The average Bonchev–Trinajstić information content (AvgIpc) is 2.59. The highest BCUT2D eigenvalue weighted by atomic mass is 35.5. The number of halogens is 1. The second-order valence-electron chi connectivity index (χ2n) is 5.44. The van der Waals surface area contributed by atoms with E-state index in [0.717, 1.165) is 16.5 Å². The highest BCUT2D eigenvalue weighted by Gasteiger charge is 2.07. The molecule has 2 aromatic carbocycles. The summed E-state index contributed by atoms with van der Waals surface area (Å²) < 4.78 is 25.3. The number of hydrogen-bond acceptors (Lipinski definition) is 8. The third-order valence-corrected chi connectivity index (χ3v) is 3.53. The predicted molar refractivity (Wildman–Crippen MR) is 101 cm³/mol. The first-order valence-corrected chi connectivity index (χ1v) is 9.14. The maximum atomic E-state index is 11.1. The Labute approximate surface area is 161 Å². The van der Waals surface area contributed by atoms with Crippen LogP contribution in [0.25, 0.3) is 10.8 Å². The van der Waals surface area contributed by atoms with E-state index in [-0.39, 0.29) is 11.1 Å². The number of fused-ring (bicyclic) bond motifs is 1. The third kappa shape index (κ3) is 7.08. The summed E-state index contributed by atoms with van der Waals surface area (Å²) in [5.74, 6) is 0.966. The van der Waals surface area contributed by atoms with Crippen molar-refractivity contribution in [1.29, 1.82) is 0 Å². The Hall–Kier alpha value is -2.91. The molecule has 8 nitrogen and oxygen atoms in total. The molecule has 0 aliphatic rings. The molecule has 3 aromatic rings. The summed E-state index contributed by atoms with van der Waals surface area (Å²) in [5.41, 5.74) is 0.864. The molecule has 0 atom stereocenters. The number of aryl methyl sites for hydroxylation is 1. The molecule has 0 saturated heterocycles. The molecule has 0 amide bonds. The maximum absolute atomic E-state index is 11.1. The van der Waals surface area contributed by atoms with Crippen LogP contribution >= 0.6 is 11.6 Å². The number of aromatic nitrogens is 3. The first kappa shape index (κ1) is 20.4. The molecule has 0 aliphatic heterocycles. The van der Waals surface area contributed by atoms with Crippen LogP contribution in [0.5, 0.6) is 0 Å². The van der Waals surface area contributed by atoms with E-state index in [4.69, 9.17) is 24.2 Å². The number of benzene rings is 2. The standard InChI is InChI=1S/C17H15ClN4O.O3S/c1-11(23)6-9-15-20-16(18)22-17(21-15)19-14-8-7-12-4-2-3-5-13(12)10-14;1-4(2)3/h2-5,7-8,10H,6,9H2,1H3,(H,19,20,21,22);. The number of carbonyl (C=O) groups is 1. The number of anilines is 2. The molecule has 0 fully saturated rings. The molecular formula is C17H15ClN4O4S. The summed E-state index contributed by atoms with van der Waals surface area (Å²) in [5, 5.41) is 5.53. The smallest absolute Gasteiger partial charge is 0.324 e. The number of hydrogen-bond donors (Lipinski definition) is 1. The van der Waals surface area contributed by atoms with Crippen LogP contribution in [0, 0.1) is 0 Å². The van der Waals surface area contributed by atoms with Crippen molar-refractivity contribution in [2.24, 2.45) is 0 Å². The molecule has 0 spiro atoms. The van der Waals surface area contributed by atoms with E-state index in [1.54, 1.807) is 0 Å². The van der Waals surface area contributed by atoms with Crippen LogP contribution in [0.3, 0.4) is 0 Å². The lowest BCUT2D eigenvalue weighted by molar-refractivity contribution is -0.117. The fraction of sp³-hybridized carbons (Fsp3) is 0.176. The maximum Gasteiger partial charge on any atom is 0.425 e. The Kier molecular flexibility index (Phi) is 7.33. The van der Waals surface area contributed by atoms with Crippen molar-refractivity contribution in [3.63, 3.8) is 0 Å². The normalized spacial score (nSPS) is 10.0. The Morgan fingerprint density at radius 1 is 1.04 bits per heavy atom. The van der Waals surface area contributed by atoms with Crippen LogP contribution in [0.15, 0.2) is 42.5 Å². The van der Waals surface area contributed by atoms with Gasteiger partial charge in [0.25, 0.3) is 0 Å². The van der Waals surface area contributed by atoms with Gasteiger partial charge < -0.3 is 10.1 Å². The summed E-state index contributed by atoms with van der Waals surface area (Å²) in [6.07, 6.45) is 0.833. The topological polar surface area (TPSA) is 119 Å². The van der Waals surface area contributed by atoms with Gasteiger partial charge in [-0.3, -0.25) is 0 Å². The van der Waals surface area contributed by atoms with Crippen molar-refractivity contribution in [1.82, 2.24) is 15.0 Å². The van der Waals surface area contributed by atoms with Gasteiger partial charge in [-0.15, -0.1) is 12.6 Å². The number of nitrogens with one attached hydrogen (secondary N) is 1. The van der Waals surface area contributed by atoms with E-state index in [9.17, 15) is 4.79 Å². The quantitative estimate of drug-likeness (QED) is 0.686. The summed E-state index contributed by atoms with van der Waals surface area (Å²) in [7, 11) is -3.11. The van der Waals surface area contributed by atoms with Gasteiger partial charge in [-0.1, -0.05) is 30.3 Å². The molecule has 0 saturated carbocycles. The molecule has 0 unspecified atom stereocenters. The molecule has 3 rings (SSSR count). The first-order valence-electron chi connectivity index (χ1n) is 7.76. The van der Waals surface area contributed by atoms with E-state index in [1.807, 2.05) is 36.4 Å². The molecule has 0 aliphatic carbocycles.